The van der Waals surface area contributed by atoms with Gasteiger partial charge in [-0.2, -0.15) is 0 Å². The van der Waals surface area contributed by atoms with Gasteiger partial charge in [0.05, 0.1) is 0 Å². The van der Waals surface area contributed by atoms with E-state index in [4.69, 9.17) is 0 Å². The zero-order valence-corrected chi connectivity index (χ0v) is 8.82. The van der Waals surface area contributed by atoms with Crippen LogP contribution in [0.3, 0.4) is 0 Å². The van der Waals surface area contributed by atoms with Crippen LogP contribution in [0.2, 0.25) is 0 Å². The molecule has 1 aliphatic carbocycles. The molecule has 0 aromatic carbocycles. The van der Waals surface area contributed by atoms with E-state index in [2.05, 4.69) is 26.2 Å². The molecule has 1 nitrogen and oxygen atoms in total. The monoisotopic (exact) mass is 169 g/mol. The van der Waals surface area contributed by atoms with Crippen LogP contribution in [0.4, 0.5) is 0 Å². The van der Waals surface area contributed by atoms with Crippen molar-refractivity contribution in [2.24, 2.45) is 11.3 Å². The third-order valence-electron chi connectivity index (χ3n) is 3.07. The summed E-state index contributed by atoms with van der Waals surface area (Å²) < 4.78 is 0. The van der Waals surface area contributed by atoms with Crippen LogP contribution in [0, 0.1) is 11.3 Å². The number of nitrogens with one attached hydrogen (secondary N) is 1. The van der Waals surface area contributed by atoms with Crippen LogP contribution in [0.25, 0.3) is 0 Å². The molecule has 0 heterocycles. The van der Waals surface area contributed by atoms with E-state index in [1.165, 1.54) is 38.6 Å². The highest BCUT2D eigenvalue weighted by molar-refractivity contribution is 4.95. The number of rotatable bonds is 6. The summed E-state index contributed by atoms with van der Waals surface area (Å²) in [7, 11) is 2.07. The average Bonchev–Trinajstić information content (AvgIpc) is 2.70. The van der Waals surface area contributed by atoms with E-state index in [0.29, 0.717) is 5.41 Å². The molecule has 1 rings (SSSR count). The molecule has 1 unspecified atom stereocenters. The lowest BCUT2D eigenvalue weighted by molar-refractivity contribution is 0.344. The highest BCUT2D eigenvalue weighted by atomic mass is 14.8. The molecule has 72 valence electrons. The van der Waals surface area contributed by atoms with Gasteiger partial charge in [0, 0.05) is 6.54 Å². The quantitative estimate of drug-likeness (QED) is 0.644. The minimum Gasteiger partial charge on any atom is -0.319 e. The standard InChI is InChI=1S/C11H23N/c1-4-5-10(2)8-11(6-7-11)9-12-3/h10,12H,4-9H2,1-3H3. The maximum atomic E-state index is 3.32. The smallest absolute Gasteiger partial charge is 0.000491 e. The van der Waals surface area contributed by atoms with Crippen molar-refractivity contribution in [3.8, 4) is 0 Å². The molecule has 1 saturated carbocycles. The van der Waals surface area contributed by atoms with Gasteiger partial charge in [-0.1, -0.05) is 26.7 Å². The largest absolute Gasteiger partial charge is 0.319 e. The summed E-state index contributed by atoms with van der Waals surface area (Å²) >= 11 is 0. The minimum atomic E-state index is 0.712. The molecule has 0 aromatic rings. The van der Waals surface area contributed by atoms with Crippen molar-refractivity contribution in [2.45, 2.75) is 46.0 Å². The topological polar surface area (TPSA) is 12.0 Å². The molecule has 0 radical (unpaired) electrons. The van der Waals surface area contributed by atoms with E-state index in [9.17, 15) is 0 Å². The number of hydrogen-bond donors (Lipinski definition) is 1. The first-order chi connectivity index (χ1) is 5.72. The predicted molar refractivity (Wildman–Crippen MR) is 54.3 cm³/mol. The molecular weight excluding hydrogens is 146 g/mol. The lowest BCUT2D eigenvalue weighted by Gasteiger charge is -2.19. The fraction of sp³-hybridized carbons (Fsp3) is 1.00. The molecule has 0 amide bonds. The SMILES string of the molecule is CCCC(C)CC1(CNC)CC1. The Kier molecular flexibility index (Phi) is 3.57. The summed E-state index contributed by atoms with van der Waals surface area (Å²) in [5, 5.41) is 3.32. The Balaban J connectivity index is 2.20. The summed E-state index contributed by atoms with van der Waals surface area (Å²) in [5.74, 6) is 0.936. The minimum absolute atomic E-state index is 0.712. The summed E-state index contributed by atoms with van der Waals surface area (Å²) in [6, 6.07) is 0. The van der Waals surface area contributed by atoms with Gasteiger partial charge >= 0.3 is 0 Å². The molecule has 1 aliphatic rings. The first kappa shape index (κ1) is 10.0. The van der Waals surface area contributed by atoms with E-state index >= 15 is 0 Å². The molecule has 1 N–H and O–H groups in total. The van der Waals surface area contributed by atoms with Gasteiger partial charge in [-0.3, -0.25) is 0 Å². The van der Waals surface area contributed by atoms with Crippen LogP contribution in [0.15, 0.2) is 0 Å². The third kappa shape index (κ3) is 2.78. The summed E-state index contributed by atoms with van der Waals surface area (Å²) in [6.07, 6.45) is 7.12. The van der Waals surface area contributed by atoms with Crippen molar-refractivity contribution < 1.29 is 0 Å². The fourth-order valence-electron chi connectivity index (χ4n) is 2.34. The van der Waals surface area contributed by atoms with Gasteiger partial charge in [-0.05, 0) is 37.6 Å². The van der Waals surface area contributed by atoms with E-state index in [1.54, 1.807) is 0 Å². The Hall–Kier alpha value is -0.0400. The lowest BCUT2D eigenvalue weighted by Crippen LogP contribution is -2.21. The zero-order valence-electron chi connectivity index (χ0n) is 8.82. The molecule has 12 heavy (non-hydrogen) atoms. The van der Waals surface area contributed by atoms with Crippen molar-refractivity contribution in [3.05, 3.63) is 0 Å². The van der Waals surface area contributed by atoms with Gasteiger partial charge in [-0.25, -0.2) is 0 Å². The average molecular weight is 169 g/mol. The summed E-state index contributed by atoms with van der Waals surface area (Å²) in [4.78, 5) is 0. The maximum Gasteiger partial charge on any atom is 0.000491 e. The van der Waals surface area contributed by atoms with Crippen molar-refractivity contribution in [1.29, 1.82) is 0 Å². The lowest BCUT2D eigenvalue weighted by atomic mass is 9.90. The van der Waals surface area contributed by atoms with Gasteiger partial charge in [0.1, 0.15) is 0 Å². The third-order valence-corrected chi connectivity index (χ3v) is 3.07. The molecule has 0 bridgehead atoms. The molecule has 1 fully saturated rings. The molecule has 1 heteroatoms. The van der Waals surface area contributed by atoms with Crippen molar-refractivity contribution in [3.63, 3.8) is 0 Å². The van der Waals surface area contributed by atoms with Crippen molar-refractivity contribution >= 4 is 0 Å². The Morgan fingerprint density at radius 3 is 2.50 bits per heavy atom. The zero-order chi connectivity index (χ0) is 9.03. The van der Waals surface area contributed by atoms with Crippen LogP contribution in [-0.4, -0.2) is 13.6 Å². The van der Waals surface area contributed by atoms with Gasteiger partial charge < -0.3 is 5.32 Å². The first-order valence-electron chi connectivity index (χ1n) is 5.37. The maximum absolute atomic E-state index is 3.32. The van der Waals surface area contributed by atoms with Crippen LogP contribution in [-0.2, 0) is 0 Å². The van der Waals surface area contributed by atoms with E-state index in [0.717, 1.165) is 5.92 Å². The van der Waals surface area contributed by atoms with Gasteiger partial charge in [0.15, 0.2) is 0 Å². The number of hydrogen-bond acceptors (Lipinski definition) is 1. The second-order valence-electron chi connectivity index (χ2n) is 4.63. The Morgan fingerprint density at radius 1 is 1.42 bits per heavy atom. The molecule has 0 aromatic heterocycles. The van der Waals surface area contributed by atoms with Crippen LogP contribution in [0.5, 0.6) is 0 Å². The van der Waals surface area contributed by atoms with Crippen molar-refractivity contribution in [2.75, 3.05) is 13.6 Å². The first-order valence-corrected chi connectivity index (χ1v) is 5.37. The molecule has 0 saturated heterocycles. The van der Waals surface area contributed by atoms with E-state index in [1.807, 2.05) is 0 Å². The summed E-state index contributed by atoms with van der Waals surface area (Å²) in [5.41, 5.74) is 0.712. The normalized spacial score (nSPS) is 22.2. The molecule has 0 spiro atoms. The van der Waals surface area contributed by atoms with Crippen LogP contribution < -0.4 is 5.32 Å². The highest BCUT2D eigenvalue weighted by Gasteiger charge is 2.42. The van der Waals surface area contributed by atoms with Gasteiger partial charge in [-0.15, -0.1) is 0 Å². The Bertz CT molecular complexity index is 127. The van der Waals surface area contributed by atoms with Crippen LogP contribution >= 0.6 is 0 Å². The van der Waals surface area contributed by atoms with Gasteiger partial charge in [0.25, 0.3) is 0 Å². The predicted octanol–water partition coefficient (Wildman–Crippen LogP) is 2.81. The molecule has 0 aliphatic heterocycles. The van der Waals surface area contributed by atoms with E-state index in [-0.39, 0.29) is 0 Å². The van der Waals surface area contributed by atoms with Crippen molar-refractivity contribution in [1.82, 2.24) is 5.32 Å². The molecular formula is C11H23N. The Labute approximate surface area is 76.9 Å². The second kappa shape index (κ2) is 4.27. The second-order valence-corrected chi connectivity index (χ2v) is 4.63. The fourth-order valence-corrected chi connectivity index (χ4v) is 2.34. The molecule has 1 atom stereocenters. The highest BCUT2D eigenvalue weighted by Crippen LogP contribution is 2.50. The Morgan fingerprint density at radius 2 is 2.08 bits per heavy atom. The van der Waals surface area contributed by atoms with E-state index < -0.39 is 0 Å². The summed E-state index contributed by atoms with van der Waals surface area (Å²) in [6.45, 7) is 5.93. The van der Waals surface area contributed by atoms with Crippen LogP contribution in [0.1, 0.15) is 46.0 Å². The van der Waals surface area contributed by atoms with Gasteiger partial charge in [0.2, 0.25) is 0 Å².